The predicted octanol–water partition coefficient (Wildman–Crippen LogP) is -0.0189. The fourth-order valence-corrected chi connectivity index (χ4v) is 9.14. The third-order valence-corrected chi connectivity index (χ3v) is 13.5. The number of carbonyl (C=O) groups excluding carboxylic acids is 2. The van der Waals surface area contributed by atoms with Crippen molar-refractivity contribution in [2.45, 2.75) is 91.9 Å². The Morgan fingerprint density at radius 3 is 1.81 bits per heavy atom. The van der Waals surface area contributed by atoms with Gasteiger partial charge in [-0.25, -0.2) is 14.0 Å². The molecule has 0 unspecified atom stereocenters. The van der Waals surface area contributed by atoms with Gasteiger partial charge in [-0.1, -0.05) is 6.07 Å². The van der Waals surface area contributed by atoms with E-state index in [0.717, 1.165) is 36.4 Å². The Bertz CT molecular complexity index is 3080. The molecule has 436 valence electrons. The van der Waals surface area contributed by atoms with Crippen LogP contribution in [-0.4, -0.2) is 210 Å². The summed E-state index contributed by atoms with van der Waals surface area (Å²) in [5, 5.41) is 151. The Kier molecular flexibility index (Phi) is 18.7. The first-order chi connectivity index (χ1) is 38.7. The summed E-state index contributed by atoms with van der Waals surface area (Å²) in [6.07, 6.45) is -24.3. The molecule has 8 rings (SSSR count). The van der Waals surface area contributed by atoms with Gasteiger partial charge in [0.15, 0.2) is 46.9 Å². The first-order valence-corrected chi connectivity index (χ1v) is 24.7. The van der Waals surface area contributed by atoms with Gasteiger partial charge < -0.3 is 119 Å². The number of hydrogen-bond acceptors (Lipinski definition) is 26. The molecule has 0 amide bonds. The molecule has 27 nitrogen and oxygen atoms in total. The van der Waals surface area contributed by atoms with Gasteiger partial charge in [-0.15, -0.1) is 0 Å². The molecule has 1 aromatic heterocycles. The molecule has 3 fully saturated rings. The molecule has 27 heteroatoms. The summed E-state index contributed by atoms with van der Waals surface area (Å²) in [7, 11) is 3.87. The molecule has 14 N–H and O–H groups in total. The molecule has 0 radical (unpaired) electrons. The second kappa shape index (κ2) is 25.5. The third kappa shape index (κ3) is 12.8. The average molecular weight is 1140 g/mol. The van der Waals surface area contributed by atoms with Crippen LogP contribution in [0.4, 0.5) is 0 Å². The summed E-state index contributed by atoms with van der Waals surface area (Å²) >= 11 is 0. The van der Waals surface area contributed by atoms with Crippen LogP contribution in [-0.2, 0) is 38.0 Å². The van der Waals surface area contributed by atoms with Crippen LogP contribution in [0.2, 0.25) is 0 Å². The van der Waals surface area contributed by atoms with E-state index >= 15 is 0 Å². The van der Waals surface area contributed by atoms with Crippen LogP contribution in [0.1, 0.15) is 22.8 Å². The Hall–Kier alpha value is -7.61. The van der Waals surface area contributed by atoms with Crippen LogP contribution in [0.5, 0.6) is 51.7 Å². The van der Waals surface area contributed by atoms with E-state index in [-0.39, 0.29) is 67.9 Å². The number of phenols is 5. The number of aliphatic hydroxyl groups is 9. The van der Waals surface area contributed by atoms with E-state index in [2.05, 4.69) is 0 Å². The number of phenolic OH excluding ortho intramolecular Hbond substituents is 5. The van der Waals surface area contributed by atoms with Crippen molar-refractivity contribution in [1.82, 2.24) is 0 Å². The molecule has 81 heavy (non-hydrogen) atoms. The normalized spacial score (nSPS) is 28.7. The van der Waals surface area contributed by atoms with Gasteiger partial charge in [-0.2, -0.15) is 0 Å². The van der Waals surface area contributed by atoms with E-state index in [0.29, 0.717) is 5.56 Å². The molecule has 3 aliphatic heterocycles. The number of rotatable bonds is 18. The lowest BCUT2D eigenvalue weighted by Gasteiger charge is -2.46. The molecule has 0 spiro atoms. The summed E-state index contributed by atoms with van der Waals surface area (Å²) in [5.74, 6) is -5.17. The minimum absolute atomic E-state index is 0.0281. The fraction of sp³-hybridized carbons (Fsp3) is 0.389. The zero-order valence-corrected chi connectivity index (χ0v) is 43.0. The second-order valence-corrected chi connectivity index (χ2v) is 18.7. The lowest BCUT2D eigenvalue weighted by atomic mass is 9.88. The summed E-state index contributed by atoms with van der Waals surface area (Å²) in [6, 6.07) is 13.6. The maximum atomic E-state index is 13.6. The number of hydrogen-bond donors (Lipinski definition) is 14. The van der Waals surface area contributed by atoms with Crippen LogP contribution < -0.4 is 18.9 Å². The zero-order valence-electron chi connectivity index (χ0n) is 43.0. The Labute approximate surface area is 458 Å². The smallest absolute Gasteiger partial charge is 0.368 e. The average Bonchev–Trinajstić information content (AvgIpc) is 3.62. The summed E-state index contributed by atoms with van der Waals surface area (Å²) in [4.78, 5) is 26.8. The molecular formula is C54H59O27+. The molecule has 4 heterocycles. The number of methoxy groups -OCH3 is 3. The highest BCUT2D eigenvalue weighted by Gasteiger charge is 2.54. The Morgan fingerprint density at radius 2 is 1.16 bits per heavy atom. The number of benzene rings is 4. The third-order valence-electron chi connectivity index (χ3n) is 13.5. The van der Waals surface area contributed by atoms with Gasteiger partial charge in [-0.3, -0.25) is 0 Å². The number of ether oxygens (including phenoxy) is 10. The summed E-state index contributed by atoms with van der Waals surface area (Å²) < 4.78 is 63.3. The van der Waals surface area contributed by atoms with Crippen molar-refractivity contribution in [1.29, 1.82) is 0 Å². The van der Waals surface area contributed by atoms with E-state index in [1.807, 2.05) is 0 Å². The lowest BCUT2D eigenvalue weighted by Crippen LogP contribution is -2.63. The number of fused-ring (bicyclic) bond motifs is 1. The minimum Gasteiger partial charge on any atom is -0.507 e. The van der Waals surface area contributed by atoms with E-state index < -0.39 is 141 Å². The summed E-state index contributed by atoms with van der Waals surface area (Å²) in [5.41, 5.74) is 0.111. The van der Waals surface area contributed by atoms with Gasteiger partial charge in [0.25, 0.3) is 0 Å². The van der Waals surface area contributed by atoms with Gasteiger partial charge in [0.05, 0.1) is 51.7 Å². The Morgan fingerprint density at radius 1 is 0.568 bits per heavy atom. The highest BCUT2D eigenvalue weighted by atomic mass is 16.7. The van der Waals surface area contributed by atoms with Crippen LogP contribution in [0.25, 0.3) is 34.4 Å². The maximum Gasteiger partial charge on any atom is 0.368 e. The van der Waals surface area contributed by atoms with Crippen LogP contribution in [0.15, 0.2) is 83.3 Å². The van der Waals surface area contributed by atoms with E-state index in [9.17, 15) is 81.1 Å². The first-order valence-electron chi connectivity index (χ1n) is 24.7. The quantitative estimate of drug-likeness (QED) is 0.0237. The number of esters is 2. The number of carbonyl (C=O) groups is 2. The number of aliphatic hydroxyl groups excluding tert-OH is 9. The molecular weight excluding hydrogens is 1080 g/mol. The topological polar surface area (TPSA) is 421 Å². The van der Waals surface area contributed by atoms with Gasteiger partial charge in [0.1, 0.15) is 96.7 Å². The highest BCUT2D eigenvalue weighted by molar-refractivity contribution is 5.89. The van der Waals surface area contributed by atoms with Crippen molar-refractivity contribution in [3.05, 3.63) is 95.6 Å². The van der Waals surface area contributed by atoms with Crippen molar-refractivity contribution in [2.24, 2.45) is 0 Å². The van der Waals surface area contributed by atoms with Crippen LogP contribution in [0, 0.1) is 0 Å². The van der Waals surface area contributed by atoms with E-state index in [1.54, 1.807) is 0 Å². The van der Waals surface area contributed by atoms with Crippen LogP contribution >= 0.6 is 0 Å². The van der Waals surface area contributed by atoms with Gasteiger partial charge in [-0.05, 0) is 65.7 Å². The fourth-order valence-electron chi connectivity index (χ4n) is 9.14. The van der Waals surface area contributed by atoms with Gasteiger partial charge in [0, 0.05) is 24.3 Å². The molecule has 3 saturated heterocycles. The van der Waals surface area contributed by atoms with Crippen molar-refractivity contribution in [2.75, 3.05) is 41.2 Å². The minimum atomic E-state index is -2.19. The Balaban J connectivity index is 1.22. The molecule has 15 atom stereocenters. The maximum absolute atomic E-state index is 13.6. The zero-order chi connectivity index (χ0) is 58.6. The van der Waals surface area contributed by atoms with Crippen molar-refractivity contribution >= 4 is 35.1 Å². The molecule has 5 aromatic rings. The molecule has 0 saturated carbocycles. The monoisotopic (exact) mass is 1140 g/mol. The molecule has 0 aliphatic carbocycles. The largest absolute Gasteiger partial charge is 0.507 e. The molecule has 4 aromatic carbocycles. The SMILES string of the molecule is COc1cc(C=CC(=O)OC[C@H]2O[C@@H](c3cc4c(O[C@@H]5O[C@H](CO)[C@@H](O)[C@H](O)[C@H]5O)cc(O)cc4[o+]c3-c3ccc(O)c(O)c3)[C@H](O[C@@H]3O[C@H](CO)[C@@H](O)[C@H](O)[C@H]3OC(=O)C=Cc3cc(OC)c(O)c(OC)c3)[C@@H](O)[C@@H]2O)ccc1O. The van der Waals surface area contributed by atoms with Gasteiger partial charge in [0.2, 0.25) is 12.0 Å². The highest BCUT2D eigenvalue weighted by Crippen LogP contribution is 2.46. The van der Waals surface area contributed by atoms with E-state index in [4.69, 9.17) is 51.8 Å². The molecule has 0 bridgehead atoms. The second-order valence-electron chi connectivity index (χ2n) is 18.7. The van der Waals surface area contributed by atoms with E-state index in [1.165, 1.54) is 75.9 Å². The standard InChI is InChI=1S/C54H58O27/c1-71-33-12-22(4-8-29(33)59)5-10-39(61)74-21-38-44(66)46(68)51(81-54-52(47(69)43(65)37(20-56)79-54)80-40(62)11-6-23-13-34(72-2)41(63)35(14-23)73-3)50(76-38)27-18-26-31(75-49(27)24-7-9-28(58)30(60)15-24)16-25(57)17-32(26)77-53-48(70)45(67)42(64)36(19-55)78-53/h4-18,36-38,42-48,50-56,64-70H,19-21H2,1-3H3,(H4-,57,58,59,60,61,62,63)/p+1/t36-,37-,38-,42-,43-,44-,45+,46+,47+,48-,50+,51-,52-,53-,54+/m1/s1. The van der Waals surface area contributed by atoms with Crippen molar-refractivity contribution in [3.63, 3.8) is 0 Å². The van der Waals surface area contributed by atoms with Crippen molar-refractivity contribution in [3.8, 4) is 63.1 Å². The lowest BCUT2D eigenvalue weighted by molar-refractivity contribution is -0.343. The summed E-state index contributed by atoms with van der Waals surface area (Å²) in [6.45, 7) is -2.63. The van der Waals surface area contributed by atoms with Crippen molar-refractivity contribution < 1.29 is 133 Å². The van der Waals surface area contributed by atoms with Crippen LogP contribution in [0.3, 0.4) is 0 Å². The number of aromatic hydroxyl groups is 5. The molecule has 3 aliphatic rings. The van der Waals surface area contributed by atoms with Gasteiger partial charge >= 0.3 is 23.3 Å². The predicted molar refractivity (Wildman–Crippen MR) is 272 cm³/mol. The first kappa shape index (κ1) is 59.5.